The van der Waals surface area contributed by atoms with Gasteiger partial charge in [-0.05, 0) is 29.8 Å². The second-order valence-corrected chi connectivity index (χ2v) is 10.6. The summed E-state index contributed by atoms with van der Waals surface area (Å²) in [7, 11) is -3.30. The van der Waals surface area contributed by atoms with Crippen LogP contribution in [0, 0.1) is 0 Å². The van der Waals surface area contributed by atoms with Crippen LogP contribution in [0.3, 0.4) is 0 Å². The smallest absolute Gasteiger partial charge is 0.252 e. The number of ether oxygens (including phenoxy) is 1. The number of H-pyrrole nitrogens is 1. The lowest BCUT2D eigenvalue weighted by molar-refractivity contribution is -0.122. The number of aromatic amines is 1. The maximum atomic E-state index is 13.5. The molecule has 2 aliphatic heterocycles. The van der Waals surface area contributed by atoms with Crippen LogP contribution in [-0.4, -0.2) is 66.3 Å². The SMILES string of the molecule is CS(=O)(=O)c1ccc(CN2C(=O)C3COCCN3c3nc(-c4ccnc5[nH]ccc45)ncc32)cc1. The Morgan fingerprint density at radius 2 is 1.97 bits per heavy atom. The van der Waals surface area contributed by atoms with E-state index < -0.39 is 15.9 Å². The van der Waals surface area contributed by atoms with E-state index in [1.807, 2.05) is 23.2 Å². The molecule has 178 valence electrons. The fraction of sp³-hybridized carbons (Fsp3) is 0.250. The van der Waals surface area contributed by atoms with Crippen molar-refractivity contribution in [3.05, 3.63) is 60.6 Å². The molecule has 1 N–H and O–H groups in total. The molecule has 1 atom stereocenters. The Morgan fingerprint density at radius 3 is 2.77 bits per heavy atom. The lowest BCUT2D eigenvalue weighted by Gasteiger charge is -2.44. The van der Waals surface area contributed by atoms with E-state index >= 15 is 0 Å². The number of carbonyl (C=O) groups excluding carboxylic acids is 1. The van der Waals surface area contributed by atoms with Crippen molar-refractivity contribution in [1.82, 2.24) is 19.9 Å². The van der Waals surface area contributed by atoms with Gasteiger partial charge in [0.15, 0.2) is 21.5 Å². The molecule has 11 heteroatoms. The fourth-order valence-corrected chi connectivity index (χ4v) is 5.23. The number of aromatic nitrogens is 4. The number of hydrogen-bond acceptors (Lipinski definition) is 8. The van der Waals surface area contributed by atoms with Crippen molar-refractivity contribution in [3.63, 3.8) is 0 Å². The predicted molar refractivity (Wildman–Crippen MR) is 130 cm³/mol. The summed E-state index contributed by atoms with van der Waals surface area (Å²) in [4.78, 5) is 34.4. The molecular weight excluding hydrogens is 468 g/mol. The van der Waals surface area contributed by atoms with Gasteiger partial charge in [-0.15, -0.1) is 0 Å². The van der Waals surface area contributed by atoms with Gasteiger partial charge in [0.25, 0.3) is 5.91 Å². The van der Waals surface area contributed by atoms with Gasteiger partial charge in [-0.3, -0.25) is 4.79 Å². The summed E-state index contributed by atoms with van der Waals surface area (Å²) in [6.07, 6.45) is 6.39. The van der Waals surface area contributed by atoms with Crippen LogP contribution in [-0.2, 0) is 25.9 Å². The van der Waals surface area contributed by atoms with Crippen LogP contribution in [0.2, 0.25) is 0 Å². The highest BCUT2D eigenvalue weighted by atomic mass is 32.2. The zero-order chi connectivity index (χ0) is 24.2. The van der Waals surface area contributed by atoms with E-state index in [4.69, 9.17) is 9.72 Å². The quantitative estimate of drug-likeness (QED) is 0.462. The van der Waals surface area contributed by atoms with Crippen molar-refractivity contribution >= 4 is 38.3 Å². The normalized spacial score (nSPS) is 18.0. The minimum Gasteiger partial charge on any atom is -0.377 e. The summed E-state index contributed by atoms with van der Waals surface area (Å²) in [6, 6.07) is 9.89. The number of pyridine rings is 1. The van der Waals surface area contributed by atoms with E-state index in [1.165, 1.54) is 6.26 Å². The van der Waals surface area contributed by atoms with Gasteiger partial charge in [0.2, 0.25) is 0 Å². The van der Waals surface area contributed by atoms with Crippen molar-refractivity contribution in [2.24, 2.45) is 0 Å². The second kappa shape index (κ2) is 8.14. The van der Waals surface area contributed by atoms with Gasteiger partial charge < -0.3 is 19.5 Å². The molecule has 1 saturated heterocycles. The van der Waals surface area contributed by atoms with Crippen LogP contribution in [0.15, 0.2) is 59.9 Å². The highest BCUT2D eigenvalue weighted by Gasteiger charge is 2.41. The Kier molecular flexibility index (Phi) is 5.04. The monoisotopic (exact) mass is 490 g/mol. The van der Waals surface area contributed by atoms with E-state index in [2.05, 4.69) is 15.0 Å². The van der Waals surface area contributed by atoms with Crippen LogP contribution < -0.4 is 9.80 Å². The number of morpholine rings is 1. The van der Waals surface area contributed by atoms with Gasteiger partial charge in [0, 0.05) is 36.1 Å². The lowest BCUT2D eigenvalue weighted by Crippen LogP contribution is -2.58. The summed E-state index contributed by atoms with van der Waals surface area (Å²) >= 11 is 0. The minimum absolute atomic E-state index is 0.0994. The molecule has 5 heterocycles. The molecular formula is C24H22N6O4S. The molecule has 1 amide bonds. The number of benzene rings is 1. The third-order valence-corrected chi connectivity index (χ3v) is 7.51. The van der Waals surface area contributed by atoms with Gasteiger partial charge in [-0.1, -0.05) is 12.1 Å². The third-order valence-electron chi connectivity index (χ3n) is 6.39. The molecule has 4 aromatic rings. The molecule has 0 aliphatic carbocycles. The second-order valence-electron chi connectivity index (χ2n) is 8.63. The zero-order valence-corrected chi connectivity index (χ0v) is 19.7. The highest BCUT2D eigenvalue weighted by Crippen LogP contribution is 2.38. The number of amides is 1. The summed E-state index contributed by atoms with van der Waals surface area (Å²) in [5.41, 5.74) is 3.02. The molecule has 0 bridgehead atoms. The third kappa shape index (κ3) is 3.72. The van der Waals surface area contributed by atoms with Crippen molar-refractivity contribution in [2.45, 2.75) is 17.5 Å². The van der Waals surface area contributed by atoms with Crippen LogP contribution in [0.1, 0.15) is 5.56 Å². The molecule has 0 saturated carbocycles. The van der Waals surface area contributed by atoms with Crippen molar-refractivity contribution in [3.8, 4) is 11.4 Å². The number of anilines is 2. The average Bonchev–Trinajstić information content (AvgIpc) is 3.35. The molecule has 10 nitrogen and oxygen atoms in total. The van der Waals surface area contributed by atoms with E-state index in [9.17, 15) is 13.2 Å². The standard InChI is InChI=1S/C24H22N6O4S/c1-35(32,33)16-4-2-15(3-5-16)13-30-19-12-27-22(18-7-9-26-21-17(18)6-8-25-21)28-23(19)29-10-11-34-14-20(29)24(30)31/h2-9,12,20H,10-11,13-14H2,1H3,(H,25,26). The molecule has 1 fully saturated rings. The number of carbonyl (C=O) groups is 1. The number of rotatable bonds is 4. The summed E-state index contributed by atoms with van der Waals surface area (Å²) < 4.78 is 29.3. The highest BCUT2D eigenvalue weighted by molar-refractivity contribution is 7.90. The summed E-state index contributed by atoms with van der Waals surface area (Å²) in [6.45, 7) is 1.60. The van der Waals surface area contributed by atoms with Gasteiger partial charge in [-0.25, -0.2) is 23.4 Å². The number of sulfone groups is 1. The number of fused-ring (bicyclic) bond motifs is 4. The molecule has 35 heavy (non-hydrogen) atoms. The Bertz CT molecular complexity index is 1550. The Balaban J connectivity index is 1.42. The van der Waals surface area contributed by atoms with E-state index in [0.29, 0.717) is 30.5 Å². The Morgan fingerprint density at radius 1 is 1.14 bits per heavy atom. The average molecular weight is 491 g/mol. The summed E-state index contributed by atoms with van der Waals surface area (Å²) in [5, 5.41) is 0.917. The minimum atomic E-state index is -3.30. The predicted octanol–water partition coefficient (Wildman–Crippen LogP) is 2.18. The zero-order valence-electron chi connectivity index (χ0n) is 18.9. The van der Waals surface area contributed by atoms with Crippen LogP contribution >= 0.6 is 0 Å². The number of nitrogens with zero attached hydrogens (tertiary/aromatic N) is 5. The Labute approximate surface area is 201 Å². The molecule has 1 unspecified atom stereocenters. The maximum Gasteiger partial charge on any atom is 0.252 e. The van der Waals surface area contributed by atoms with Crippen LogP contribution in [0.25, 0.3) is 22.4 Å². The van der Waals surface area contributed by atoms with Gasteiger partial charge >= 0.3 is 0 Å². The topological polar surface area (TPSA) is 121 Å². The van der Waals surface area contributed by atoms with Crippen LogP contribution in [0.4, 0.5) is 11.5 Å². The molecule has 1 aromatic carbocycles. The molecule has 0 radical (unpaired) electrons. The van der Waals surface area contributed by atoms with Crippen molar-refractivity contribution < 1.29 is 17.9 Å². The van der Waals surface area contributed by atoms with Crippen molar-refractivity contribution in [1.29, 1.82) is 0 Å². The Hall–Kier alpha value is -3.83. The summed E-state index contributed by atoms with van der Waals surface area (Å²) in [5.74, 6) is 1.13. The number of nitrogens with one attached hydrogen (secondary N) is 1. The fourth-order valence-electron chi connectivity index (χ4n) is 4.60. The maximum absolute atomic E-state index is 13.5. The first-order chi connectivity index (χ1) is 16.9. The van der Waals surface area contributed by atoms with Crippen LogP contribution in [0.5, 0.6) is 0 Å². The van der Waals surface area contributed by atoms with E-state index in [0.717, 1.165) is 22.2 Å². The van der Waals surface area contributed by atoms with Gasteiger partial charge in [0.1, 0.15) is 17.4 Å². The largest absolute Gasteiger partial charge is 0.377 e. The molecule has 6 rings (SSSR count). The molecule has 0 spiro atoms. The van der Waals surface area contributed by atoms with Gasteiger partial charge in [-0.2, -0.15) is 0 Å². The molecule has 2 aliphatic rings. The first-order valence-electron chi connectivity index (χ1n) is 11.1. The first-order valence-corrected chi connectivity index (χ1v) is 13.0. The van der Waals surface area contributed by atoms with Crippen molar-refractivity contribution in [2.75, 3.05) is 35.8 Å². The number of hydrogen-bond donors (Lipinski definition) is 1. The molecule has 3 aromatic heterocycles. The first kappa shape index (κ1) is 21.7. The van der Waals surface area contributed by atoms with E-state index in [1.54, 1.807) is 41.6 Å². The van der Waals surface area contributed by atoms with Gasteiger partial charge in [0.05, 0.1) is 30.9 Å². The van der Waals surface area contributed by atoms with E-state index in [-0.39, 0.29) is 24.0 Å². The lowest BCUT2D eigenvalue weighted by atomic mass is 10.1.